The number of ether oxygens (including phenoxy) is 1. The van der Waals surface area contributed by atoms with Crippen molar-refractivity contribution < 1.29 is 13.2 Å². The van der Waals surface area contributed by atoms with Crippen LogP contribution in [0.5, 0.6) is 5.75 Å². The van der Waals surface area contributed by atoms with E-state index in [1.54, 1.807) is 24.3 Å². The van der Waals surface area contributed by atoms with Crippen molar-refractivity contribution in [2.45, 2.75) is 24.8 Å². The molecule has 5 heteroatoms. The van der Waals surface area contributed by atoms with E-state index >= 15 is 0 Å². The Morgan fingerprint density at radius 3 is 2.15 bits per heavy atom. The first-order chi connectivity index (χ1) is 13.0. The van der Waals surface area contributed by atoms with Crippen LogP contribution in [0.1, 0.15) is 22.7 Å². The molecular formula is C22H23NO3S. The Labute approximate surface area is 160 Å². The van der Waals surface area contributed by atoms with Crippen molar-refractivity contribution in [3.05, 3.63) is 95.6 Å². The minimum atomic E-state index is -3.67. The van der Waals surface area contributed by atoms with Gasteiger partial charge < -0.3 is 4.74 Å². The average molecular weight is 381 g/mol. The van der Waals surface area contributed by atoms with Gasteiger partial charge in [0.1, 0.15) is 12.4 Å². The predicted octanol–water partition coefficient (Wildman–Crippen LogP) is 4.40. The van der Waals surface area contributed by atoms with Gasteiger partial charge in [0.2, 0.25) is 10.0 Å². The molecule has 0 fully saturated rings. The quantitative estimate of drug-likeness (QED) is 0.660. The first kappa shape index (κ1) is 19.1. The van der Waals surface area contributed by atoms with Crippen molar-refractivity contribution in [3.63, 3.8) is 0 Å². The minimum Gasteiger partial charge on any atom is -0.491 e. The lowest BCUT2D eigenvalue weighted by atomic mass is 10.1. The standard InChI is InChI=1S/C22H23NO3S/c1-17-12-14-20(15-13-17)27(24,25)23-21(19-9-4-3-5-10-19)16-26-22-11-7-6-8-18(22)2/h3-15,21,23H,16H2,1-2H3/t21-/m0/s1. The van der Waals surface area contributed by atoms with Crippen molar-refractivity contribution in [1.29, 1.82) is 0 Å². The summed E-state index contributed by atoms with van der Waals surface area (Å²) in [6.07, 6.45) is 0. The molecule has 3 aromatic carbocycles. The third-order valence-corrected chi connectivity index (χ3v) is 5.82. The van der Waals surface area contributed by atoms with Crippen LogP contribution in [0.2, 0.25) is 0 Å². The second-order valence-corrected chi connectivity index (χ2v) is 8.19. The van der Waals surface area contributed by atoms with Gasteiger partial charge in [0, 0.05) is 0 Å². The molecule has 0 aliphatic carbocycles. The molecule has 0 radical (unpaired) electrons. The summed E-state index contributed by atoms with van der Waals surface area (Å²) in [5.41, 5.74) is 2.86. The number of rotatable bonds is 7. The molecule has 0 spiro atoms. The smallest absolute Gasteiger partial charge is 0.241 e. The molecule has 0 heterocycles. The van der Waals surface area contributed by atoms with Crippen LogP contribution >= 0.6 is 0 Å². The predicted molar refractivity (Wildman–Crippen MR) is 107 cm³/mol. The van der Waals surface area contributed by atoms with Crippen molar-refractivity contribution in [2.75, 3.05) is 6.61 Å². The molecular weight excluding hydrogens is 358 g/mol. The molecule has 0 aliphatic rings. The summed E-state index contributed by atoms with van der Waals surface area (Å²) in [5.74, 6) is 0.743. The zero-order chi connectivity index (χ0) is 19.3. The van der Waals surface area contributed by atoms with Gasteiger partial charge in [-0.05, 0) is 43.2 Å². The van der Waals surface area contributed by atoms with E-state index in [2.05, 4.69) is 4.72 Å². The minimum absolute atomic E-state index is 0.194. The fourth-order valence-corrected chi connectivity index (χ4v) is 3.96. The molecule has 0 saturated heterocycles. The van der Waals surface area contributed by atoms with E-state index in [0.29, 0.717) is 0 Å². The first-order valence-electron chi connectivity index (χ1n) is 8.78. The maximum Gasteiger partial charge on any atom is 0.241 e. The zero-order valence-corrected chi connectivity index (χ0v) is 16.2. The molecule has 1 atom stereocenters. The number of sulfonamides is 1. The van der Waals surface area contributed by atoms with Crippen molar-refractivity contribution in [2.24, 2.45) is 0 Å². The van der Waals surface area contributed by atoms with E-state index in [-0.39, 0.29) is 11.5 Å². The number of hydrogen-bond donors (Lipinski definition) is 1. The highest BCUT2D eigenvalue weighted by Crippen LogP contribution is 2.22. The largest absolute Gasteiger partial charge is 0.491 e. The normalized spacial score (nSPS) is 12.5. The van der Waals surface area contributed by atoms with Crippen molar-refractivity contribution in [1.82, 2.24) is 4.72 Å². The highest BCUT2D eigenvalue weighted by molar-refractivity contribution is 7.89. The summed E-state index contributed by atoms with van der Waals surface area (Å²) >= 11 is 0. The van der Waals surface area contributed by atoms with Crippen LogP contribution in [0, 0.1) is 13.8 Å². The number of aryl methyl sites for hydroxylation is 2. The fraction of sp³-hybridized carbons (Fsp3) is 0.182. The molecule has 0 unspecified atom stereocenters. The Kier molecular flexibility index (Phi) is 5.94. The van der Waals surface area contributed by atoms with Crippen LogP contribution in [-0.4, -0.2) is 15.0 Å². The topological polar surface area (TPSA) is 55.4 Å². The third kappa shape index (κ3) is 4.96. The van der Waals surface area contributed by atoms with Crippen LogP contribution in [0.4, 0.5) is 0 Å². The van der Waals surface area contributed by atoms with Gasteiger partial charge in [0.25, 0.3) is 0 Å². The summed E-state index contributed by atoms with van der Waals surface area (Å²) < 4.78 is 34.4. The number of para-hydroxylation sites is 1. The molecule has 3 rings (SSSR count). The molecule has 0 amide bonds. The maximum absolute atomic E-state index is 12.8. The summed E-state index contributed by atoms with van der Waals surface area (Å²) in [7, 11) is -3.67. The fourth-order valence-electron chi connectivity index (χ4n) is 2.75. The van der Waals surface area contributed by atoms with Crippen LogP contribution in [0.25, 0.3) is 0 Å². The van der Waals surface area contributed by atoms with E-state index < -0.39 is 16.1 Å². The first-order valence-corrected chi connectivity index (χ1v) is 10.3. The van der Waals surface area contributed by atoms with Gasteiger partial charge in [-0.1, -0.05) is 66.2 Å². The Morgan fingerprint density at radius 1 is 0.852 bits per heavy atom. The van der Waals surface area contributed by atoms with Gasteiger partial charge in [-0.3, -0.25) is 0 Å². The summed E-state index contributed by atoms with van der Waals surface area (Å²) in [4.78, 5) is 0.241. The molecule has 1 N–H and O–H groups in total. The molecule has 0 aliphatic heterocycles. The van der Waals surface area contributed by atoms with E-state index in [9.17, 15) is 8.42 Å². The molecule has 4 nitrogen and oxygen atoms in total. The Balaban J connectivity index is 1.84. The number of nitrogens with one attached hydrogen (secondary N) is 1. The van der Waals surface area contributed by atoms with E-state index in [0.717, 1.165) is 22.4 Å². The van der Waals surface area contributed by atoms with Crippen LogP contribution in [0.3, 0.4) is 0 Å². The van der Waals surface area contributed by atoms with Crippen molar-refractivity contribution in [3.8, 4) is 5.75 Å². The average Bonchev–Trinajstić information content (AvgIpc) is 2.67. The van der Waals surface area contributed by atoms with E-state index in [1.807, 2.05) is 68.4 Å². The van der Waals surface area contributed by atoms with Crippen LogP contribution in [0.15, 0.2) is 83.8 Å². The second-order valence-electron chi connectivity index (χ2n) is 6.47. The second kappa shape index (κ2) is 8.37. The lowest BCUT2D eigenvalue weighted by Gasteiger charge is -2.20. The SMILES string of the molecule is Cc1ccc(S(=O)(=O)N[C@@H](COc2ccccc2C)c2ccccc2)cc1. The zero-order valence-electron chi connectivity index (χ0n) is 15.4. The van der Waals surface area contributed by atoms with Gasteiger partial charge in [0.05, 0.1) is 10.9 Å². The molecule has 0 aromatic heterocycles. The van der Waals surface area contributed by atoms with Gasteiger partial charge in [-0.25, -0.2) is 13.1 Å². The number of hydrogen-bond acceptors (Lipinski definition) is 3. The highest BCUT2D eigenvalue weighted by atomic mass is 32.2. The molecule has 140 valence electrons. The lowest BCUT2D eigenvalue weighted by Crippen LogP contribution is -2.32. The Bertz CT molecular complexity index is 984. The lowest BCUT2D eigenvalue weighted by molar-refractivity contribution is 0.279. The number of benzene rings is 3. The maximum atomic E-state index is 12.8. The summed E-state index contributed by atoms with van der Waals surface area (Å²) in [5, 5.41) is 0. The monoisotopic (exact) mass is 381 g/mol. The Hall–Kier alpha value is -2.63. The van der Waals surface area contributed by atoms with Crippen LogP contribution < -0.4 is 9.46 Å². The van der Waals surface area contributed by atoms with Gasteiger partial charge >= 0.3 is 0 Å². The molecule has 0 saturated carbocycles. The van der Waals surface area contributed by atoms with Crippen LogP contribution in [-0.2, 0) is 10.0 Å². The molecule has 27 heavy (non-hydrogen) atoms. The summed E-state index contributed by atoms with van der Waals surface area (Å²) in [6.45, 7) is 4.08. The Morgan fingerprint density at radius 2 is 1.48 bits per heavy atom. The molecule has 0 bridgehead atoms. The van der Waals surface area contributed by atoms with Gasteiger partial charge in [-0.15, -0.1) is 0 Å². The van der Waals surface area contributed by atoms with E-state index in [1.165, 1.54) is 0 Å². The highest BCUT2D eigenvalue weighted by Gasteiger charge is 2.22. The van der Waals surface area contributed by atoms with Gasteiger partial charge in [0.15, 0.2) is 0 Å². The summed E-state index contributed by atoms with van der Waals surface area (Å²) in [6, 6.07) is 23.4. The van der Waals surface area contributed by atoms with Crippen molar-refractivity contribution >= 4 is 10.0 Å². The van der Waals surface area contributed by atoms with Gasteiger partial charge in [-0.2, -0.15) is 0 Å². The molecule has 3 aromatic rings. The van der Waals surface area contributed by atoms with E-state index in [4.69, 9.17) is 4.74 Å². The third-order valence-electron chi connectivity index (χ3n) is 4.33.